The van der Waals surface area contributed by atoms with Crippen LogP contribution in [0.25, 0.3) is 0 Å². The summed E-state index contributed by atoms with van der Waals surface area (Å²) in [5, 5.41) is 2.66. The molecule has 0 saturated carbocycles. The molecule has 3 aromatic rings. The molecule has 9 nitrogen and oxygen atoms in total. The topological polar surface area (TPSA) is 122 Å². The third-order valence-corrected chi connectivity index (χ3v) is 10.3. The van der Waals surface area contributed by atoms with Crippen molar-refractivity contribution in [2.45, 2.75) is 9.10 Å². The zero-order chi connectivity index (χ0) is 25.2. The number of morpholine rings is 1. The molecule has 14 heteroatoms. The Kier molecular flexibility index (Phi) is 7.71. The number of anilines is 2. The molecule has 0 aliphatic carbocycles. The van der Waals surface area contributed by atoms with Gasteiger partial charge < -0.3 is 10.1 Å². The summed E-state index contributed by atoms with van der Waals surface area (Å²) in [4.78, 5) is 13.1. The van der Waals surface area contributed by atoms with E-state index in [-0.39, 0.29) is 38.5 Å². The van der Waals surface area contributed by atoms with E-state index in [1.165, 1.54) is 58.9 Å². The third-order valence-electron chi connectivity index (χ3n) is 5.03. The van der Waals surface area contributed by atoms with Crippen molar-refractivity contribution in [1.82, 2.24) is 4.31 Å². The van der Waals surface area contributed by atoms with E-state index < -0.39 is 26.0 Å². The second kappa shape index (κ2) is 10.4. The standard InChI is InChI=1S/C21H19Cl2N3O6S3/c22-17-3-1-2-16(20(17)25-34(28,29)19-9-8-18(23)33-19)21(27)24-14-4-6-15(7-5-14)35(30,31)26-10-12-32-13-11-26/h1-9,25H,10-13H2,(H,24,27). The number of sulfonamides is 2. The monoisotopic (exact) mass is 575 g/mol. The van der Waals surface area contributed by atoms with Crippen LogP contribution in [0.5, 0.6) is 0 Å². The first-order valence-corrected chi connectivity index (χ1v) is 14.6. The minimum Gasteiger partial charge on any atom is -0.379 e. The maximum Gasteiger partial charge on any atom is 0.271 e. The van der Waals surface area contributed by atoms with E-state index in [0.29, 0.717) is 23.2 Å². The molecule has 0 spiro atoms. The third kappa shape index (κ3) is 5.80. The number of rotatable bonds is 7. The molecule has 2 aromatic carbocycles. The van der Waals surface area contributed by atoms with Crippen molar-refractivity contribution in [1.29, 1.82) is 0 Å². The Morgan fingerprint density at radius 2 is 1.63 bits per heavy atom. The van der Waals surface area contributed by atoms with E-state index in [0.717, 1.165) is 11.3 Å². The Morgan fingerprint density at radius 3 is 2.26 bits per heavy atom. The molecule has 1 aliphatic rings. The second-order valence-electron chi connectivity index (χ2n) is 7.32. The number of hydrogen-bond donors (Lipinski definition) is 2. The van der Waals surface area contributed by atoms with Crippen molar-refractivity contribution >= 4 is 71.9 Å². The van der Waals surface area contributed by atoms with Crippen molar-refractivity contribution in [3.63, 3.8) is 0 Å². The largest absolute Gasteiger partial charge is 0.379 e. The molecule has 0 bridgehead atoms. The van der Waals surface area contributed by atoms with Crippen LogP contribution in [0.15, 0.2) is 63.7 Å². The molecule has 1 fully saturated rings. The van der Waals surface area contributed by atoms with Crippen LogP contribution in [0, 0.1) is 0 Å². The van der Waals surface area contributed by atoms with Crippen molar-refractivity contribution < 1.29 is 26.4 Å². The number of carbonyl (C=O) groups is 1. The normalized spacial score (nSPS) is 15.0. The summed E-state index contributed by atoms with van der Waals surface area (Å²) in [6, 6.07) is 12.9. The van der Waals surface area contributed by atoms with Gasteiger partial charge in [-0.25, -0.2) is 16.8 Å². The predicted octanol–water partition coefficient (Wildman–Crippen LogP) is 4.13. The van der Waals surface area contributed by atoms with Crippen LogP contribution >= 0.6 is 34.5 Å². The minimum atomic E-state index is -4.04. The Hall–Kier alpha value is -2.19. The van der Waals surface area contributed by atoms with Gasteiger partial charge in [0.1, 0.15) is 4.21 Å². The number of hydrogen-bond acceptors (Lipinski definition) is 7. The van der Waals surface area contributed by atoms with Crippen LogP contribution in [0.3, 0.4) is 0 Å². The summed E-state index contributed by atoms with van der Waals surface area (Å²) in [6.45, 7) is 1.20. The summed E-state index contributed by atoms with van der Waals surface area (Å²) in [5.41, 5.74) is 0.200. The van der Waals surface area contributed by atoms with E-state index in [2.05, 4.69) is 10.0 Å². The molecule has 0 atom stereocenters. The summed E-state index contributed by atoms with van der Waals surface area (Å²) in [5.74, 6) is -0.641. The van der Waals surface area contributed by atoms with Gasteiger partial charge in [0.05, 0.1) is 38.7 Å². The minimum absolute atomic E-state index is 0.0197. The van der Waals surface area contributed by atoms with E-state index in [1.807, 2.05) is 0 Å². The highest BCUT2D eigenvalue weighted by atomic mass is 35.5. The summed E-state index contributed by atoms with van der Waals surface area (Å²) < 4.78 is 60.2. The van der Waals surface area contributed by atoms with Crippen LogP contribution in [-0.4, -0.2) is 53.4 Å². The zero-order valence-electron chi connectivity index (χ0n) is 17.9. The molecule has 0 unspecified atom stereocenters. The SMILES string of the molecule is O=C(Nc1ccc(S(=O)(=O)N2CCOCC2)cc1)c1cccc(Cl)c1NS(=O)(=O)c1ccc(Cl)s1. The molecule has 1 amide bonds. The first kappa shape index (κ1) is 25.9. The summed E-state index contributed by atoms with van der Waals surface area (Å²) >= 11 is 12.9. The molecular weight excluding hydrogens is 557 g/mol. The first-order valence-electron chi connectivity index (χ1n) is 10.1. The highest BCUT2D eigenvalue weighted by molar-refractivity contribution is 7.94. The second-order valence-corrected chi connectivity index (χ2v) is 13.3. The highest BCUT2D eigenvalue weighted by Crippen LogP contribution is 2.32. The average Bonchev–Trinajstić information content (AvgIpc) is 3.28. The summed E-state index contributed by atoms with van der Waals surface area (Å²) in [6.07, 6.45) is 0. The van der Waals surface area contributed by atoms with Crippen LogP contribution in [0.1, 0.15) is 10.4 Å². The number of nitrogens with zero attached hydrogens (tertiary/aromatic N) is 1. The van der Waals surface area contributed by atoms with Crippen molar-refractivity contribution in [2.24, 2.45) is 0 Å². The van der Waals surface area contributed by atoms with Gasteiger partial charge in [0.2, 0.25) is 10.0 Å². The van der Waals surface area contributed by atoms with Crippen LogP contribution < -0.4 is 10.0 Å². The van der Waals surface area contributed by atoms with E-state index in [9.17, 15) is 21.6 Å². The number of amides is 1. The highest BCUT2D eigenvalue weighted by Gasteiger charge is 2.26. The number of thiophene rings is 1. The molecule has 4 rings (SSSR count). The molecule has 1 aliphatic heterocycles. The fraction of sp³-hybridized carbons (Fsp3) is 0.190. The van der Waals surface area contributed by atoms with Crippen molar-refractivity contribution in [3.05, 3.63) is 69.5 Å². The molecule has 2 heterocycles. The first-order chi connectivity index (χ1) is 16.6. The van der Waals surface area contributed by atoms with Gasteiger partial charge in [-0.05, 0) is 48.5 Å². The van der Waals surface area contributed by atoms with Gasteiger partial charge in [0, 0.05) is 18.8 Å². The van der Waals surface area contributed by atoms with Gasteiger partial charge in [-0.1, -0.05) is 29.3 Å². The molecule has 0 radical (unpaired) electrons. The molecule has 1 saturated heterocycles. The Bertz CT molecular complexity index is 1450. The lowest BCUT2D eigenvalue weighted by atomic mass is 10.1. The summed E-state index contributed by atoms with van der Waals surface area (Å²) in [7, 11) is -7.72. The van der Waals surface area contributed by atoms with Gasteiger partial charge in [-0.15, -0.1) is 11.3 Å². The van der Waals surface area contributed by atoms with Crippen molar-refractivity contribution in [3.8, 4) is 0 Å². The van der Waals surface area contributed by atoms with Gasteiger partial charge in [0.25, 0.3) is 15.9 Å². The number of ether oxygens (including phenoxy) is 1. The quantitative estimate of drug-likeness (QED) is 0.436. The maximum atomic E-state index is 13.0. The number of carbonyl (C=O) groups excluding carboxylic acids is 1. The van der Waals surface area contributed by atoms with E-state index in [1.54, 1.807) is 0 Å². The van der Waals surface area contributed by atoms with Crippen LogP contribution in [0.2, 0.25) is 9.36 Å². The van der Waals surface area contributed by atoms with Gasteiger partial charge in [-0.3, -0.25) is 9.52 Å². The van der Waals surface area contributed by atoms with Gasteiger partial charge in [0.15, 0.2) is 0 Å². The average molecular weight is 577 g/mol. The van der Waals surface area contributed by atoms with Gasteiger partial charge >= 0.3 is 0 Å². The maximum absolute atomic E-state index is 13.0. The number of benzene rings is 2. The van der Waals surface area contributed by atoms with Crippen molar-refractivity contribution in [2.75, 3.05) is 36.3 Å². The zero-order valence-corrected chi connectivity index (χ0v) is 21.9. The van der Waals surface area contributed by atoms with Crippen LogP contribution in [-0.2, 0) is 24.8 Å². The lowest BCUT2D eigenvalue weighted by Gasteiger charge is -2.26. The van der Waals surface area contributed by atoms with E-state index in [4.69, 9.17) is 27.9 Å². The van der Waals surface area contributed by atoms with E-state index >= 15 is 0 Å². The van der Waals surface area contributed by atoms with Crippen LogP contribution in [0.4, 0.5) is 11.4 Å². The number of nitrogens with one attached hydrogen (secondary N) is 2. The Morgan fingerprint density at radius 1 is 0.943 bits per heavy atom. The molecule has 2 N–H and O–H groups in total. The fourth-order valence-corrected chi connectivity index (χ4v) is 7.56. The fourth-order valence-electron chi connectivity index (χ4n) is 3.29. The molecular formula is C21H19Cl2N3O6S3. The van der Waals surface area contributed by atoms with Gasteiger partial charge in [-0.2, -0.15) is 4.31 Å². The Labute approximate surface area is 216 Å². The Balaban J connectivity index is 1.54. The smallest absolute Gasteiger partial charge is 0.271 e. The molecule has 186 valence electrons. The number of halogens is 2. The number of para-hydroxylation sites is 1. The molecule has 1 aromatic heterocycles. The lowest BCUT2D eigenvalue weighted by Crippen LogP contribution is -2.40. The molecule has 35 heavy (non-hydrogen) atoms. The lowest BCUT2D eigenvalue weighted by molar-refractivity contribution is 0.0730. The predicted molar refractivity (Wildman–Crippen MR) is 136 cm³/mol.